The molecule has 0 atom stereocenters. The number of hydrogen-bond acceptors (Lipinski definition) is 5. The molecule has 0 aliphatic carbocycles. The Morgan fingerprint density at radius 2 is 1.87 bits per heavy atom. The fourth-order valence-corrected chi connectivity index (χ4v) is 3.28. The van der Waals surface area contributed by atoms with Gasteiger partial charge >= 0.3 is 5.92 Å². The van der Waals surface area contributed by atoms with Gasteiger partial charge in [-0.3, -0.25) is 4.68 Å². The average molecular weight is 420 g/mol. The molecule has 0 aliphatic heterocycles. The maximum absolute atomic E-state index is 15.4. The van der Waals surface area contributed by atoms with Crippen LogP contribution in [0.5, 0.6) is 0 Å². The highest BCUT2D eigenvalue weighted by Gasteiger charge is 2.43. The van der Waals surface area contributed by atoms with Crippen molar-refractivity contribution in [1.82, 2.24) is 34.6 Å². The number of pyridine rings is 1. The molecule has 152 valence electrons. The number of aryl methyl sites for hydroxylation is 1. The Balaban J connectivity index is 1.65. The summed E-state index contributed by atoms with van der Waals surface area (Å²) in [5, 5.41) is 15.5. The first-order chi connectivity index (χ1) is 14.9. The number of nitrogens with zero attached hydrogens (tertiary/aromatic N) is 8. The highest BCUT2D eigenvalue weighted by molar-refractivity contribution is 5.80. The van der Waals surface area contributed by atoms with Gasteiger partial charge in [0, 0.05) is 18.8 Å². The van der Waals surface area contributed by atoms with Crippen LogP contribution in [0, 0.1) is 12.4 Å². The van der Waals surface area contributed by atoms with Gasteiger partial charge in [-0.05, 0) is 30.3 Å². The van der Waals surface area contributed by atoms with Crippen molar-refractivity contribution < 1.29 is 13.2 Å². The number of alkyl halides is 2. The fraction of sp³-hybridized carbons (Fsp3) is 0.100. The van der Waals surface area contributed by atoms with E-state index >= 15 is 8.78 Å². The number of aromatic nitrogens is 7. The Kier molecular flexibility index (Phi) is 3.97. The first kappa shape index (κ1) is 18.7. The summed E-state index contributed by atoms with van der Waals surface area (Å²) >= 11 is 0. The summed E-state index contributed by atoms with van der Waals surface area (Å²) in [6, 6.07) is 8.46. The van der Waals surface area contributed by atoms with Crippen molar-refractivity contribution in [2.45, 2.75) is 5.92 Å². The first-order valence-electron chi connectivity index (χ1n) is 8.95. The summed E-state index contributed by atoms with van der Waals surface area (Å²) < 4.78 is 48.0. The maximum Gasteiger partial charge on any atom is 0.336 e. The molecule has 11 heteroatoms. The Labute approximate surface area is 172 Å². The van der Waals surface area contributed by atoms with E-state index in [9.17, 15) is 4.39 Å². The van der Waals surface area contributed by atoms with Crippen molar-refractivity contribution in [3.63, 3.8) is 0 Å². The molecule has 8 nitrogen and oxygen atoms in total. The summed E-state index contributed by atoms with van der Waals surface area (Å²) in [5.41, 5.74) is 0.322. The fourth-order valence-electron chi connectivity index (χ4n) is 3.28. The lowest BCUT2D eigenvalue weighted by Gasteiger charge is -2.15. The van der Waals surface area contributed by atoms with Crippen molar-refractivity contribution in [2.24, 2.45) is 7.05 Å². The molecular formula is C20H11F3N8. The molecule has 0 saturated heterocycles. The van der Waals surface area contributed by atoms with Crippen LogP contribution in [0.1, 0.15) is 11.4 Å². The van der Waals surface area contributed by atoms with Gasteiger partial charge in [-0.15, -0.1) is 15.2 Å². The topological polar surface area (TPSA) is 78.2 Å². The van der Waals surface area contributed by atoms with Crippen molar-refractivity contribution >= 4 is 22.4 Å². The van der Waals surface area contributed by atoms with Crippen molar-refractivity contribution in [3.05, 3.63) is 77.4 Å². The van der Waals surface area contributed by atoms with Crippen LogP contribution < -0.4 is 0 Å². The van der Waals surface area contributed by atoms with Crippen LogP contribution in [0.15, 0.2) is 48.8 Å². The maximum atomic E-state index is 15.4. The van der Waals surface area contributed by atoms with Gasteiger partial charge in [-0.1, -0.05) is 12.6 Å². The van der Waals surface area contributed by atoms with E-state index in [-0.39, 0.29) is 22.4 Å². The van der Waals surface area contributed by atoms with Crippen molar-refractivity contribution in [1.29, 1.82) is 0 Å². The highest BCUT2D eigenvalue weighted by Crippen LogP contribution is 2.38. The molecule has 0 unspecified atom stereocenters. The summed E-state index contributed by atoms with van der Waals surface area (Å²) in [4.78, 5) is 7.17. The van der Waals surface area contributed by atoms with Gasteiger partial charge in [0.2, 0.25) is 5.82 Å². The summed E-state index contributed by atoms with van der Waals surface area (Å²) in [5.74, 6) is -5.52. The molecule has 0 radical (unpaired) electrons. The lowest BCUT2D eigenvalue weighted by molar-refractivity contribution is 0.0271. The molecule has 0 saturated carbocycles. The van der Waals surface area contributed by atoms with Gasteiger partial charge in [0.05, 0.1) is 22.2 Å². The minimum Gasteiger partial charge on any atom is -0.361 e. The van der Waals surface area contributed by atoms with Gasteiger partial charge in [0.15, 0.2) is 5.65 Å². The summed E-state index contributed by atoms with van der Waals surface area (Å²) in [6.45, 7) is 6.96. The standard InChI is InChI=1S/C20H11F3N8/c1-24-16-7-3-11(9-25-16)14-6-8-17-26-27-19(31(17)29-14)20(22,23)13-4-5-15-12(18(13)21)10-30(2)28-15/h3-10H,2H3. The Bertz CT molecular complexity index is 1500. The van der Waals surface area contributed by atoms with Crippen molar-refractivity contribution in [3.8, 4) is 11.3 Å². The zero-order chi connectivity index (χ0) is 21.8. The lowest BCUT2D eigenvalue weighted by atomic mass is 10.0. The van der Waals surface area contributed by atoms with Crippen LogP contribution in [0.3, 0.4) is 0 Å². The minimum absolute atomic E-state index is 0.0203. The van der Waals surface area contributed by atoms with E-state index in [0.29, 0.717) is 11.3 Å². The van der Waals surface area contributed by atoms with Gasteiger partial charge in [-0.25, -0.2) is 4.39 Å². The third kappa shape index (κ3) is 2.88. The van der Waals surface area contributed by atoms with Crippen LogP contribution in [0.2, 0.25) is 0 Å². The predicted molar refractivity (Wildman–Crippen MR) is 104 cm³/mol. The van der Waals surface area contributed by atoms with E-state index in [1.54, 1.807) is 19.2 Å². The Morgan fingerprint density at radius 3 is 2.61 bits per heavy atom. The monoisotopic (exact) mass is 420 g/mol. The molecule has 31 heavy (non-hydrogen) atoms. The second-order valence-corrected chi connectivity index (χ2v) is 6.77. The van der Waals surface area contributed by atoms with Crippen molar-refractivity contribution in [2.75, 3.05) is 0 Å². The molecule has 0 N–H and O–H groups in total. The second kappa shape index (κ2) is 6.60. The normalized spacial score (nSPS) is 11.8. The third-order valence-electron chi connectivity index (χ3n) is 4.78. The molecule has 0 fully saturated rings. The number of hydrogen-bond donors (Lipinski definition) is 0. The quantitative estimate of drug-likeness (QED) is 0.414. The molecule has 4 aromatic heterocycles. The van der Waals surface area contributed by atoms with Crippen LogP contribution >= 0.6 is 0 Å². The van der Waals surface area contributed by atoms with Gasteiger partial charge in [0.25, 0.3) is 5.82 Å². The van der Waals surface area contributed by atoms with E-state index < -0.39 is 23.1 Å². The molecular weight excluding hydrogens is 409 g/mol. The summed E-state index contributed by atoms with van der Waals surface area (Å²) in [6.07, 6.45) is 2.75. The van der Waals surface area contributed by atoms with Crippen LogP contribution in [-0.2, 0) is 13.0 Å². The number of rotatable bonds is 3. The van der Waals surface area contributed by atoms with E-state index in [1.165, 1.54) is 35.3 Å². The SMILES string of the molecule is [C-]#[N+]c1ccc(-c2ccc3nnc(C(F)(F)c4ccc5nn(C)cc5c4F)n3n2)cn1. The van der Waals surface area contributed by atoms with Crippen LogP contribution in [0.4, 0.5) is 19.0 Å². The largest absolute Gasteiger partial charge is 0.361 e. The number of halogens is 3. The smallest absolute Gasteiger partial charge is 0.336 e. The third-order valence-corrected chi connectivity index (χ3v) is 4.78. The van der Waals surface area contributed by atoms with Gasteiger partial charge < -0.3 is 4.85 Å². The Hall–Kier alpha value is -4.33. The van der Waals surface area contributed by atoms with E-state index in [4.69, 9.17) is 6.57 Å². The van der Waals surface area contributed by atoms with E-state index in [2.05, 4.69) is 30.2 Å². The molecule has 5 rings (SSSR count). The van der Waals surface area contributed by atoms with Crippen LogP contribution in [0.25, 0.3) is 32.7 Å². The number of benzene rings is 1. The molecule has 1 aromatic carbocycles. The molecule has 0 amide bonds. The number of fused-ring (bicyclic) bond motifs is 2. The van der Waals surface area contributed by atoms with E-state index in [0.717, 1.165) is 10.6 Å². The lowest BCUT2D eigenvalue weighted by Crippen LogP contribution is -2.22. The molecule has 5 aromatic rings. The predicted octanol–water partition coefficient (Wildman–Crippen LogP) is 3.90. The molecule has 0 bridgehead atoms. The minimum atomic E-state index is -3.81. The zero-order valence-electron chi connectivity index (χ0n) is 15.8. The van der Waals surface area contributed by atoms with Gasteiger partial charge in [-0.2, -0.15) is 23.5 Å². The second-order valence-electron chi connectivity index (χ2n) is 6.77. The molecule has 4 heterocycles. The van der Waals surface area contributed by atoms with E-state index in [1.807, 2.05) is 0 Å². The average Bonchev–Trinajstić information content (AvgIpc) is 3.37. The Morgan fingerprint density at radius 1 is 1.03 bits per heavy atom. The van der Waals surface area contributed by atoms with Crippen LogP contribution in [-0.4, -0.2) is 34.6 Å². The first-order valence-corrected chi connectivity index (χ1v) is 8.95. The molecule has 0 aliphatic rings. The highest BCUT2D eigenvalue weighted by atomic mass is 19.3. The van der Waals surface area contributed by atoms with Gasteiger partial charge in [0.1, 0.15) is 12.0 Å². The summed E-state index contributed by atoms with van der Waals surface area (Å²) in [7, 11) is 1.58. The zero-order valence-corrected chi connectivity index (χ0v) is 15.8. The molecule has 0 spiro atoms.